The van der Waals surface area contributed by atoms with Gasteiger partial charge in [-0.05, 0) is 33.6 Å². The zero-order valence-corrected chi connectivity index (χ0v) is 15.0. The van der Waals surface area contributed by atoms with Gasteiger partial charge >= 0.3 is 0 Å². The number of nitrogens with one attached hydrogen (secondary N) is 2. The van der Waals surface area contributed by atoms with E-state index in [1.807, 2.05) is 0 Å². The molecule has 108 valence electrons. The number of aliphatic imine (C=N–C) groups is 1. The lowest BCUT2D eigenvalue weighted by Crippen LogP contribution is -2.38. The SMILES string of the molecule is CCNC(=NCCc1sc(C)nc1C)NC1CC1.I. The minimum Gasteiger partial charge on any atom is -0.357 e. The van der Waals surface area contributed by atoms with Crippen LogP contribution in [0.2, 0.25) is 0 Å². The monoisotopic (exact) mass is 394 g/mol. The van der Waals surface area contributed by atoms with E-state index in [9.17, 15) is 0 Å². The average Bonchev–Trinajstić information content (AvgIpc) is 3.06. The maximum Gasteiger partial charge on any atom is 0.191 e. The van der Waals surface area contributed by atoms with Gasteiger partial charge in [0.1, 0.15) is 0 Å². The van der Waals surface area contributed by atoms with Crippen LogP contribution in [0, 0.1) is 13.8 Å². The summed E-state index contributed by atoms with van der Waals surface area (Å²) in [7, 11) is 0. The lowest BCUT2D eigenvalue weighted by Gasteiger charge is -2.09. The van der Waals surface area contributed by atoms with Crippen molar-refractivity contribution in [2.75, 3.05) is 13.1 Å². The van der Waals surface area contributed by atoms with Crippen LogP contribution in [0.15, 0.2) is 4.99 Å². The van der Waals surface area contributed by atoms with Crippen LogP contribution in [0.4, 0.5) is 0 Å². The first-order chi connectivity index (χ1) is 8.69. The predicted octanol–water partition coefficient (Wildman–Crippen LogP) is 2.64. The maximum atomic E-state index is 4.61. The first-order valence-electron chi connectivity index (χ1n) is 6.66. The van der Waals surface area contributed by atoms with E-state index in [0.29, 0.717) is 6.04 Å². The summed E-state index contributed by atoms with van der Waals surface area (Å²) in [6.07, 6.45) is 3.54. The first-order valence-corrected chi connectivity index (χ1v) is 7.48. The summed E-state index contributed by atoms with van der Waals surface area (Å²) in [5, 5.41) is 7.86. The second-order valence-electron chi connectivity index (χ2n) is 4.67. The van der Waals surface area contributed by atoms with E-state index in [4.69, 9.17) is 0 Å². The second-order valence-corrected chi connectivity index (χ2v) is 5.96. The summed E-state index contributed by atoms with van der Waals surface area (Å²) in [6.45, 7) is 7.97. The number of aromatic nitrogens is 1. The van der Waals surface area contributed by atoms with Crippen LogP contribution >= 0.6 is 35.3 Å². The van der Waals surface area contributed by atoms with Crippen molar-refractivity contribution < 1.29 is 0 Å². The van der Waals surface area contributed by atoms with E-state index in [2.05, 4.69) is 41.4 Å². The fraction of sp³-hybridized carbons (Fsp3) is 0.692. The Morgan fingerprint density at radius 3 is 2.68 bits per heavy atom. The molecular weight excluding hydrogens is 371 g/mol. The van der Waals surface area contributed by atoms with E-state index in [0.717, 1.165) is 36.2 Å². The van der Waals surface area contributed by atoms with Gasteiger partial charge in [-0.3, -0.25) is 4.99 Å². The van der Waals surface area contributed by atoms with Crippen LogP contribution in [-0.4, -0.2) is 30.1 Å². The molecule has 1 heterocycles. The molecule has 2 rings (SSSR count). The molecule has 4 nitrogen and oxygen atoms in total. The highest BCUT2D eigenvalue weighted by atomic mass is 127. The second kappa shape index (κ2) is 8.04. The van der Waals surface area contributed by atoms with Crippen molar-refractivity contribution in [3.8, 4) is 0 Å². The molecule has 0 aliphatic heterocycles. The Labute approximate surface area is 136 Å². The number of aryl methyl sites for hydroxylation is 2. The number of hydrogen-bond donors (Lipinski definition) is 2. The molecule has 6 heteroatoms. The molecule has 0 atom stereocenters. The maximum absolute atomic E-state index is 4.61. The van der Waals surface area contributed by atoms with Crippen molar-refractivity contribution in [3.63, 3.8) is 0 Å². The molecule has 1 aromatic heterocycles. The minimum absolute atomic E-state index is 0. The quantitative estimate of drug-likeness (QED) is 0.459. The summed E-state index contributed by atoms with van der Waals surface area (Å²) in [6, 6.07) is 0.648. The van der Waals surface area contributed by atoms with Crippen molar-refractivity contribution in [1.29, 1.82) is 0 Å². The van der Waals surface area contributed by atoms with Gasteiger partial charge in [0.25, 0.3) is 0 Å². The molecule has 19 heavy (non-hydrogen) atoms. The van der Waals surface area contributed by atoms with Gasteiger partial charge < -0.3 is 10.6 Å². The van der Waals surface area contributed by atoms with Crippen molar-refractivity contribution >= 4 is 41.3 Å². The third kappa shape index (κ3) is 5.64. The lowest BCUT2D eigenvalue weighted by molar-refractivity contribution is 0.808. The normalized spacial score (nSPS) is 15.0. The van der Waals surface area contributed by atoms with E-state index in [1.165, 1.54) is 17.7 Å². The molecule has 0 saturated heterocycles. The minimum atomic E-state index is 0. The van der Waals surface area contributed by atoms with Gasteiger partial charge in [-0.15, -0.1) is 35.3 Å². The van der Waals surface area contributed by atoms with Crippen LogP contribution < -0.4 is 10.6 Å². The van der Waals surface area contributed by atoms with Crippen molar-refractivity contribution in [2.24, 2.45) is 4.99 Å². The summed E-state index contributed by atoms with van der Waals surface area (Å²) in [5.41, 5.74) is 1.16. The van der Waals surface area contributed by atoms with E-state index < -0.39 is 0 Å². The Bertz CT molecular complexity index is 426. The predicted molar refractivity (Wildman–Crippen MR) is 92.8 cm³/mol. The molecule has 0 aromatic carbocycles. The highest BCUT2D eigenvalue weighted by Crippen LogP contribution is 2.19. The largest absolute Gasteiger partial charge is 0.357 e. The topological polar surface area (TPSA) is 49.3 Å². The Morgan fingerprint density at radius 2 is 2.16 bits per heavy atom. The molecular formula is C13H23IN4S. The number of halogens is 1. The third-order valence-electron chi connectivity index (χ3n) is 2.87. The summed E-state index contributed by atoms with van der Waals surface area (Å²) in [4.78, 5) is 10.4. The Hall–Kier alpha value is -0.370. The zero-order valence-electron chi connectivity index (χ0n) is 11.8. The van der Waals surface area contributed by atoms with Crippen LogP contribution in [0.5, 0.6) is 0 Å². The van der Waals surface area contributed by atoms with Crippen LogP contribution in [-0.2, 0) is 6.42 Å². The molecule has 0 amide bonds. The summed E-state index contributed by atoms with van der Waals surface area (Å²) >= 11 is 1.78. The van der Waals surface area contributed by atoms with Crippen molar-refractivity contribution in [2.45, 2.75) is 46.1 Å². The molecule has 2 N–H and O–H groups in total. The highest BCUT2D eigenvalue weighted by Gasteiger charge is 2.21. The van der Waals surface area contributed by atoms with Gasteiger partial charge in [0.2, 0.25) is 0 Å². The van der Waals surface area contributed by atoms with E-state index in [1.54, 1.807) is 11.3 Å². The van der Waals surface area contributed by atoms with Crippen molar-refractivity contribution in [1.82, 2.24) is 15.6 Å². The van der Waals surface area contributed by atoms with Gasteiger partial charge in [0.15, 0.2) is 5.96 Å². The summed E-state index contributed by atoms with van der Waals surface area (Å²) < 4.78 is 0. The molecule has 1 fully saturated rings. The standard InChI is InChI=1S/C13H22N4S.HI/c1-4-14-13(17-11-5-6-11)15-8-7-12-9(2)16-10(3)18-12;/h11H,4-8H2,1-3H3,(H2,14,15,17);1H. The molecule has 1 aliphatic carbocycles. The molecule has 0 bridgehead atoms. The molecule has 0 spiro atoms. The van der Waals surface area contributed by atoms with E-state index in [-0.39, 0.29) is 24.0 Å². The average molecular weight is 394 g/mol. The Kier molecular flexibility index (Phi) is 7.06. The Balaban J connectivity index is 0.00000180. The number of rotatable bonds is 5. The number of thiazole rings is 1. The van der Waals surface area contributed by atoms with Crippen molar-refractivity contribution in [3.05, 3.63) is 15.6 Å². The number of nitrogens with zero attached hydrogens (tertiary/aromatic N) is 2. The Morgan fingerprint density at radius 1 is 1.42 bits per heavy atom. The van der Waals surface area contributed by atoms with Gasteiger partial charge in [-0.25, -0.2) is 4.98 Å². The zero-order chi connectivity index (χ0) is 13.0. The van der Waals surface area contributed by atoms with Crippen LogP contribution in [0.1, 0.15) is 35.3 Å². The first kappa shape index (κ1) is 16.7. The molecule has 1 aliphatic rings. The number of guanidine groups is 1. The van der Waals surface area contributed by atoms with E-state index >= 15 is 0 Å². The molecule has 0 unspecified atom stereocenters. The molecule has 0 radical (unpaired) electrons. The number of hydrogen-bond acceptors (Lipinski definition) is 3. The van der Waals surface area contributed by atoms with Crippen LogP contribution in [0.25, 0.3) is 0 Å². The highest BCUT2D eigenvalue weighted by molar-refractivity contribution is 14.0. The molecule has 1 saturated carbocycles. The fourth-order valence-corrected chi connectivity index (χ4v) is 2.74. The smallest absolute Gasteiger partial charge is 0.191 e. The third-order valence-corrected chi connectivity index (χ3v) is 4.00. The molecule has 1 aromatic rings. The van der Waals surface area contributed by atoms with Gasteiger partial charge in [0.05, 0.1) is 10.7 Å². The van der Waals surface area contributed by atoms with Crippen LogP contribution in [0.3, 0.4) is 0 Å². The van der Waals surface area contributed by atoms with Gasteiger partial charge in [0, 0.05) is 30.4 Å². The lowest BCUT2D eigenvalue weighted by atomic mass is 10.3. The van der Waals surface area contributed by atoms with Gasteiger partial charge in [-0.2, -0.15) is 0 Å². The summed E-state index contributed by atoms with van der Waals surface area (Å²) in [5.74, 6) is 0.957. The fourth-order valence-electron chi connectivity index (χ4n) is 1.82. The van der Waals surface area contributed by atoms with Gasteiger partial charge in [-0.1, -0.05) is 0 Å².